The number of oxazole rings is 1. The third kappa shape index (κ3) is 2.79. The number of rotatable bonds is 4. The highest BCUT2D eigenvalue weighted by molar-refractivity contribution is 5.87. The van der Waals surface area contributed by atoms with Crippen LogP contribution in [0.1, 0.15) is 16.2 Å². The predicted molar refractivity (Wildman–Crippen MR) is 63.9 cm³/mol. The van der Waals surface area contributed by atoms with Gasteiger partial charge in [-0.05, 0) is 18.2 Å². The van der Waals surface area contributed by atoms with Crippen molar-refractivity contribution in [1.29, 1.82) is 0 Å². The first-order chi connectivity index (χ1) is 9.15. The second-order valence-electron chi connectivity index (χ2n) is 3.73. The molecule has 0 aliphatic heterocycles. The molecule has 0 fully saturated rings. The van der Waals surface area contributed by atoms with Crippen molar-refractivity contribution in [1.82, 2.24) is 4.98 Å². The Labute approximate surface area is 109 Å². The van der Waals surface area contributed by atoms with Crippen LogP contribution in [0, 0.1) is 5.82 Å². The molecule has 6 heteroatoms. The normalized spacial score (nSPS) is 10.5. The molecule has 0 aliphatic rings. The van der Waals surface area contributed by atoms with Crippen molar-refractivity contribution >= 4 is 5.97 Å². The predicted octanol–water partition coefficient (Wildman–Crippen LogP) is 2.41. The summed E-state index contributed by atoms with van der Waals surface area (Å²) in [5.74, 6) is -0.957. The molecule has 0 saturated carbocycles. The van der Waals surface area contributed by atoms with Crippen LogP contribution in [0.5, 0.6) is 0 Å². The van der Waals surface area contributed by atoms with Crippen LogP contribution in [0.3, 0.4) is 0 Å². The van der Waals surface area contributed by atoms with Crippen molar-refractivity contribution in [3.05, 3.63) is 41.5 Å². The first-order valence-corrected chi connectivity index (χ1v) is 5.48. The van der Waals surface area contributed by atoms with Crippen molar-refractivity contribution in [3.63, 3.8) is 0 Å². The molecule has 2 aromatic rings. The van der Waals surface area contributed by atoms with Gasteiger partial charge in [0.05, 0.1) is 13.7 Å². The highest BCUT2D eigenvalue weighted by Gasteiger charge is 2.21. The number of methoxy groups -OCH3 is 2. The van der Waals surface area contributed by atoms with Crippen molar-refractivity contribution < 1.29 is 23.1 Å². The number of aromatic nitrogens is 1. The average Bonchev–Trinajstić information content (AvgIpc) is 2.82. The maximum Gasteiger partial charge on any atom is 0.376 e. The van der Waals surface area contributed by atoms with E-state index in [-0.39, 0.29) is 18.3 Å². The molecule has 19 heavy (non-hydrogen) atoms. The zero-order valence-corrected chi connectivity index (χ0v) is 10.5. The van der Waals surface area contributed by atoms with Gasteiger partial charge in [-0.1, -0.05) is 6.07 Å². The number of esters is 1. The fourth-order valence-corrected chi connectivity index (χ4v) is 1.58. The lowest BCUT2D eigenvalue weighted by Crippen LogP contribution is -2.04. The molecule has 0 atom stereocenters. The Morgan fingerprint density at radius 2 is 2.21 bits per heavy atom. The third-order valence-electron chi connectivity index (χ3n) is 2.42. The highest BCUT2D eigenvalue weighted by atomic mass is 19.1. The van der Waals surface area contributed by atoms with E-state index >= 15 is 0 Å². The first-order valence-electron chi connectivity index (χ1n) is 5.48. The Morgan fingerprint density at radius 3 is 2.84 bits per heavy atom. The summed E-state index contributed by atoms with van der Waals surface area (Å²) in [6, 6.07) is 5.74. The molecule has 0 radical (unpaired) electrons. The maximum absolute atomic E-state index is 13.1. The van der Waals surface area contributed by atoms with Gasteiger partial charge in [0.25, 0.3) is 0 Å². The van der Waals surface area contributed by atoms with Gasteiger partial charge in [0, 0.05) is 12.7 Å². The summed E-state index contributed by atoms with van der Waals surface area (Å²) in [6.45, 7) is 0.100. The number of carbonyl (C=O) groups is 1. The molecule has 0 bridgehead atoms. The van der Waals surface area contributed by atoms with Crippen molar-refractivity contribution in [2.45, 2.75) is 6.61 Å². The monoisotopic (exact) mass is 265 g/mol. The van der Waals surface area contributed by atoms with E-state index < -0.39 is 11.8 Å². The maximum atomic E-state index is 13.1. The Bertz CT molecular complexity index is 594. The van der Waals surface area contributed by atoms with Crippen LogP contribution in [0.4, 0.5) is 4.39 Å². The van der Waals surface area contributed by atoms with Crippen LogP contribution in [0.2, 0.25) is 0 Å². The molecule has 0 N–H and O–H groups in total. The Morgan fingerprint density at radius 1 is 1.42 bits per heavy atom. The number of halogens is 1. The molecular weight excluding hydrogens is 253 g/mol. The van der Waals surface area contributed by atoms with Crippen molar-refractivity contribution in [3.8, 4) is 11.5 Å². The Balaban J connectivity index is 2.45. The Hall–Kier alpha value is -2.21. The van der Waals surface area contributed by atoms with Crippen molar-refractivity contribution in [2.75, 3.05) is 14.2 Å². The summed E-state index contributed by atoms with van der Waals surface area (Å²) in [6.07, 6.45) is 0. The smallest absolute Gasteiger partial charge is 0.376 e. The van der Waals surface area contributed by atoms with Gasteiger partial charge in [-0.15, -0.1) is 0 Å². The number of nitrogens with zero attached hydrogens (tertiary/aromatic N) is 1. The molecule has 0 unspecified atom stereocenters. The Kier molecular flexibility index (Phi) is 3.91. The molecule has 1 aromatic heterocycles. The van der Waals surface area contributed by atoms with E-state index in [1.54, 1.807) is 6.07 Å². The van der Waals surface area contributed by atoms with Gasteiger partial charge in [0.2, 0.25) is 11.7 Å². The lowest BCUT2D eigenvalue weighted by atomic mass is 10.2. The second kappa shape index (κ2) is 5.62. The molecule has 0 saturated heterocycles. The van der Waals surface area contributed by atoms with Gasteiger partial charge in [0.15, 0.2) is 0 Å². The van der Waals surface area contributed by atoms with E-state index in [0.29, 0.717) is 11.3 Å². The van der Waals surface area contributed by atoms with Gasteiger partial charge in [-0.3, -0.25) is 0 Å². The summed E-state index contributed by atoms with van der Waals surface area (Å²) in [4.78, 5) is 15.7. The SMILES string of the molecule is COCc1nc(-c2cccc(F)c2)oc1C(=O)OC. The standard InChI is InChI=1S/C13H12FNO4/c1-17-7-10-11(13(16)18-2)19-12(15-10)8-4-3-5-9(14)6-8/h3-6H,7H2,1-2H3. The second-order valence-corrected chi connectivity index (χ2v) is 3.73. The largest absolute Gasteiger partial charge is 0.463 e. The summed E-state index contributed by atoms with van der Waals surface area (Å²) >= 11 is 0. The van der Waals surface area contributed by atoms with Crippen LogP contribution in [-0.4, -0.2) is 25.2 Å². The summed E-state index contributed by atoms with van der Waals surface area (Å²) < 4.78 is 28.0. The average molecular weight is 265 g/mol. The van der Waals surface area contributed by atoms with Crippen LogP contribution in [0.25, 0.3) is 11.5 Å². The minimum atomic E-state index is -0.651. The lowest BCUT2D eigenvalue weighted by molar-refractivity contribution is 0.0559. The van der Waals surface area contributed by atoms with Gasteiger partial charge in [0.1, 0.15) is 11.5 Å². The summed E-state index contributed by atoms with van der Waals surface area (Å²) in [5.41, 5.74) is 0.751. The van der Waals surface area contributed by atoms with Crippen LogP contribution < -0.4 is 0 Å². The molecule has 1 aromatic carbocycles. The van der Waals surface area contributed by atoms with E-state index in [4.69, 9.17) is 9.15 Å². The van der Waals surface area contributed by atoms with E-state index in [2.05, 4.69) is 9.72 Å². The molecule has 100 valence electrons. The highest BCUT2D eigenvalue weighted by Crippen LogP contribution is 2.23. The van der Waals surface area contributed by atoms with E-state index in [0.717, 1.165) is 0 Å². The van der Waals surface area contributed by atoms with Crippen LogP contribution in [-0.2, 0) is 16.1 Å². The summed E-state index contributed by atoms with van der Waals surface area (Å²) in [7, 11) is 2.71. The van der Waals surface area contributed by atoms with E-state index in [1.807, 2.05) is 0 Å². The number of hydrogen-bond donors (Lipinski definition) is 0. The lowest BCUT2D eigenvalue weighted by Gasteiger charge is -1.96. The van der Waals surface area contributed by atoms with Crippen LogP contribution in [0.15, 0.2) is 28.7 Å². The minimum Gasteiger partial charge on any atom is -0.463 e. The molecule has 0 spiro atoms. The fraction of sp³-hybridized carbons (Fsp3) is 0.231. The van der Waals surface area contributed by atoms with Crippen molar-refractivity contribution in [2.24, 2.45) is 0 Å². The van der Waals surface area contributed by atoms with Gasteiger partial charge in [-0.25, -0.2) is 14.2 Å². The zero-order valence-electron chi connectivity index (χ0n) is 10.5. The van der Waals surface area contributed by atoms with Gasteiger partial charge >= 0.3 is 5.97 Å². The number of benzene rings is 1. The number of ether oxygens (including phenoxy) is 2. The fourth-order valence-electron chi connectivity index (χ4n) is 1.58. The van der Waals surface area contributed by atoms with Gasteiger partial charge in [-0.2, -0.15) is 0 Å². The first kappa shape index (κ1) is 13.2. The van der Waals surface area contributed by atoms with E-state index in [1.165, 1.54) is 32.4 Å². The molecule has 1 heterocycles. The number of carbonyl (C=O) groups excluding carboxylic acids is 1. The molecule has 5 nitrogen and oxygen atoms in total. The molecule has 0 amide bonds. The number of hydrogen-bond acceptors (Lipinski definition) is 5. The quantitative estimate of drug-likeness (QED) is 0.794. The minimum absolute atomic E-state index is 0.0383. The molecular formula is C13H12FNO4. The molecule has 0 aliphatic carbocycles. The van der Waals surface area contributed by atoms with E-state index in [9.17, 15) is 9.18 Å². The third-order valence-corrected chi connectivity index (χ3v) is 2.42. The van der Waals surface area contributed by atoms with Crippen LogP contribution >= 0.6 is 0 Å². The molecule has 2 rings (SSSR count). The topological polar surface area (TPSA) is 61.6 Å². The zero-order chi connectivity index (χ0) is 13.8. The van der Waals surface area contributed by atoms with Gasteiger partial charge < -0.3 is 13.9 Å². The summed E-state index contributed by atoms with van der Waals surface area (Å²) in [5, 5.41) is 0.